The number of aliphatic hydroxyl groups excluding tert-OH is 2. The molecule has 1 aliphatic carbocycles. The number of carbonyl (C=O) groups excluding carboxylic acids is 1. The molecule has 31 heavy (non-hydrogen) atoms. The van der Waals surface area contributed by atoms with E-state index in [1.807, 2.05) is 0 Å². The van der Waals surface area contributed by atoms with Crippen LogP contribution in [0.2, 0.25) is 10.0 Å². The lowest BCUT2D eigenvalue weighted by molar-refractivity contribution is -0.0515. The predicted molar refractivity (Wildman–Crippen MR) is 110 cm³/mol. The van der Waals surface area contributed by atoms with Crippen molar-refractivity contribution in [1.29, 1.82) is 0 Å². The highest BCUT2D eigenvalue weighted by Crippen LogP contribution is 2.37. The second-order valence-corrected chi connectivity index (χ2v) is 7.81. The van der Waals surface area contributed by atoms with Crippen molar-refractivity contribution < 1.29 is 33.3 Å². The van der Waals surface area contributed by atoms with Crippen LogP contribution in [0, 0.1) is 5.92 Å². The smallest absolute Gasteiger partial charge is 0.387 e. The van der Waals surface area contributed by atoms with Crippen molar-refractivity contribution in [3.05, 3.63) is 46.2 Å². The summed E-state index contributed by atoms with van der Waals surface area (Å²) in [6, 6.07) is 3.77. The zero-order valence-corrected chi connectivity index (χ0v) is 17.7. The number of anilines is 1. The van der Waals surface area contributed by atoms with Gasteiger partial charge in [-0.1, -0.05) is 23.2 Å². The second kappa shape index (κ2) is 10.4. The highest BCUT2D eigenvalue weighted by Gasteiger charge is 2.27. The number of hydrogen-bond acceptors (Lipinski definition) is 6. The van der Waals surface area contributed by atoms with Gasteiger partial charge in [-0.25, -0.2) is 0 Å². The van der Waals surface area contributed by atoms with Gasteiger partial charge in [-0.15, -0.1) is 0 Å². The third-order valence-electron chi connectivity index (χ3n) is 4.53. The van der Waals surface area contributed by atoms with Crippen LogP contribution in [0.5, 0.6) is 11.5 Å². The molecule has 1 fully saturated rings. The van der Waals surface area contributed by atoms with E-state index in [4.69, 9.17) is 27.9 Å². The van der Waals surface area contributed by atoms with E-state index in [0.29, 0.717) is 12.5 Å². The molecule has 0 radical (unpaired) electrons. The molecule has 2 aromatic rings. The van der Waals surface area contributed by atoms with E-state index in [1.165, 1.54) is 30.6 Å². The van der Waals surface area contributed by atoms with Crippen LogP contribution in [0.4, 0.5) is 14.5 Å². The third-order valence-corrected chi connectivity index (χ3v) is 5.08. The van der Waals surface area contributed by atoms with Crippen molar-refractivity contribution in [2.45, 2.75) is 25.6 Å². The number of pyridine rings is 1. The van der Waals surface area contributed by atoms with E-state index in [9.17, 15) is 23.8 Å². The summed E-state index contributed by atoms with van der Waals surface area (Å²) >= 11 is 12.3. The van der Waals surface area contributed by atoms with Gasteiger partial charge in [0.1, 0.15) is 0 Å². The van der Waals surface area contributed by atoms with Crippen LogP contribution in [0.25, 0.3) is 0 Å². The molecule has 1 heterocycles. The molecule has 2 N–H and O–H groups in total. The van der Waals surface area contributed by atoms with Gasteiger partial charge in [-0.3, -0.25) is 9.78 Å². The standard InChI is InChI=1S/C20H20Cl2F2N2O5/c21-14-6-25-7-15(22)18(14)26(8-13(28)9-27)19(29)12-3-4-16(31-20(23)24)17(5-12)30-10-11-1-2-11/h3-7,11,13,20,27-28H,1-2,8-10H2. The summed E-state index contributed by atoms with van der Waals surface area (Å²) in [5.74, 6) is -0.520. The maximum Gasteiger partial charge on any atom is 0.387 e. The van der Waals surface area contributed by atoms with Gasteiger partial charge < -0.3 is 24.6 Å². The van der Waals surface area contributed by atoms with E-state index in [-0.39, 0.29) is 39.3 Å². The lowest BCUT2D eigenvalue weighted by Gasteiger charge is -2.27. The zero-order chi connectivity index (χ0) is 22.5. The average Bonchev–Trinajstić information content (AvgIpc) is 3.55. The molecule has 168 valence electrons. The number of aromatic nitrogens is 1. The second-order valence-electron chi connectivity index (χ2n) is 7.00. The van der Waals surface area contributed by atoms with Crippen LogP contribution < -0.4 is 14.4 Å². The fourth-order valence-electron chi connectivity index (χ4n) is 2.80. The summed E-state index contributed by atoms with van der Waals surface area (Å²) in [5.41, 5.74) is 0.144. The highest BCUT2D eigenvalue weighted by molar-refractivity contribution is 6.40. The molecule has 0 aliphatic heterocycles. The zero-order valence-electron chi connectivity index (χ0n) is 16.2. The minimum absolute atomic E-state index is 0.00683. The number of halogens is 4. The summed E-state index contributed by atoms with van der Waals surface area (Å²) in [7, 11) is 0. The Morgan fingerprint density at radius 3 is 2.48 bits per heavy atom. The Labute approximate surface area is 187 Å². The fraction of sp³-hybridized carbons (Fsp3) is 0.400. The molecule has 0 bridgehead atoms. The van der Waals surface area contributed by atoms with Crippen molar-refractivity contribution >= 4 is 34.8 Å². The number of carbonyl (C=O) groups is 1. The lowest BCUT2D eigenvalue weighted by Crippen LogP contribution is -2.39. The third kappa shape index (κ3) is 6.16. The van der Waals surface area contributed by atoms with Gasteiger partial charge in [-0.2, -0.15) is 8.78 Å². The average molecular weight is 477 g/mol. The van der Waals surface area contributed by atoms with Crippen molar-refractivity contribution in [3.63, 3.8) is 0 Å². The van der Waals surface area contributed by atoms with Gasteiger partial charge in [0.25, 0.3) is 5.91 Å². The molecule has 0 spiro atoms. The normalized spacial score (nSPS) is 14.4. The summed E-state index contributed by atoms with van der Waals surface area (Å²) in [4.78, 5) is 18.2. The van der Waals surface area contributed by atoms with E-state index in [0.717, 1.165) is 17.7 Å². The Hall–Kier alpha value is -2.20. The number of nitrogens with zero attached hydrogens (tertiary/aromatic N) is 2. The molecule has 1 aromatic heterocycles. The van der Waals surface area contributed by atoms with Gasteiger partial charge in [0.15, 0.2) is 11.5 Å². The summed E-state index contributed by atoms with van der Waals surface area (Å²) in [5, 5.41) is 19.3. The van der Waals surface area contributed by atoms with E-state index >= 15 is 0 Å². The number of amides is 1. The number of aliphatic hydroxyl groups is 2. The molecule has 1 aliphatic rings. The molecule has 1 saturated carbocycles. The molecule has 7 nitrogen and oxygen atoms in total. The Balaban J connectivity index is 1.96. The Morgan fingerprint density at radius 2 is 1.90 bits per heavy atom. The summed E-state index contributed by atoms with van der Waals surface area (Å²) < 4.78 is 35.6. The Kier molecular flexibility index (Phi) is 7.88. The van der Waals surface area contributed by atoms with Crippen molar-refractivity contribution in [2.24, 2.45) is 5.92 Å². The molecule has 1 amide bonds. The van der Waals surface area contributed by atoms with Crippen LogP contribution in [0.1, 0.15) is 23.2 Å². The first-order valence-corrected chi connectivity index (χ1v) is 10.2. The summed E-state index contributed by atoms with van der Waals surface area (Å²) in [6.45, 7) is -3.69. The molecule has 3 rings (SSSR count). The highest BCUT2D eigenvalue weighted by atomic mass is 35.5. The molecule has 1 atom stereocenters. The lowest BCUT2D eigenvalue weighted by atomic mass is 10.1. The van der Waals surface area contributed by atoms with Crippen LogP contribution in [0.15, 0.2) is 30.6 Å². The first kappa shape index (κ1) is 23.5. The minimum atomic E-state index is -3.06. The Morgan fingerprint density at radius 1 is 1.23 bits per heavy atom. The van der Waals surface area contributed by atoms with Crippen molar-refractivity contribution in [3.8, 4) is 11.5 Å². The van der Waals surface area contributed by atoms with Gasteiger partial charge >= 0.3 is 6.61 Å². The van der Waals surface area contributed by atoms with Gasteiger partial charge in [0.05, 0.1) is 41.6 Å². The maximum absolute atomic E-state index is 13.3. The van der Waals surface area contributed by atoms with Crippen molar-refractivity contribution in [1.82, 2.24) is 4.98 Å². The number of rotatable bonds is 10. The topological polar surface area (TPSA) is 92.1 Å². The fourth-order valence-corrected chi connectivity index (χ4v) is 3.37. The first-order chi connectivity index (χ1) is 14.8. The first-order valence-electron chi connectivity index (χ1n) is 9.41. The van der Waals surface area contributed by atoms with E-state index < -0.39 is 25.2 Å². The van der Waals surface area contributed by atoms with E-state index in [2.05, 4.69) is 9.72 Å². The number of hydrogen-bond donors (Lipinski definition) is 2. The monoisotopic (exact) mass is 476 g/mol. The number of benzene rings is 1. The van der Waals surface area contributed by atoms with Crippen molar-refractivity contribution in [2.75, 3.05) is 24.7 Å². The van der Waals surface area contributed by atoms with Crippen LogP contribution >= 0.6 is 23.2 Å². The summed E-state index contributed by atoms with van der Waals surface area (Å²) in [6.07, 6.45) is 3.23. The van der Waals surface area contributed by atoms with Gasteiger partial charge in [0, 0.05) is 18.0 Å². The Bertz CT molecular complexity index is 910. The van der Waals surface area contributed by atoms with Crippen LogP contribution in [-0.2, 0) is 0 Å². The molecule has 0 saturated heterocycles. The SMILES string of the molecule is O=C(c1ccc(OC(F)F)c(OCC2CC2)c1)N(CC(O)CO)c1c(Cl)cncc1Cl. The number of alkyl halides is 2. The molecule has 1 aromatic carbocycles. The predicted octanol–water partition coefficient (Wildman–Crippen LogP) is 3.78. The molecule has 11 heteroatoms. The molecular weight excluding hydrogens is 457 g/mol. The van der Waals surface area contributed by atoms with Crippen LogP contribution in [0.3, 0.4) is 0 Å². The van der Waals surface area contributed by atoms with Gasteiger partial charge in [0.2, 0.25) is 0 Å². The minimum Gasteiger partial charge on any atom is -0.489 e. The van der Waals surface area contributed by atoms with E-state index in [1.54, 1.807) is 0 Å². The number of ether oxygens (including phenoxy) is 2. The molecule has 1 unspecified atom stereocenters. The molecular formula is C20H20Cl2F2N2O5. The van der Waals surface area contributed by atoms with Crippen LogP contribution in [-0.4, -0.2) is 53.6 Å². The quantitative estimate of drug-likeness (QED) is 0.542. The largest absolute Gasteiger partial charge is 0.489 e. The van der Waals surface area contributed by atoms with Gasteiger partial charge in [-0.05, 0) is 37.0 Å². The maximum atomic E-state index is 13.3.